The number of imidazole rings is 1. The van der Waals surface area contributed by atoms with Gasteiger partial charge in [0.15, 0.2) is 0 Å². The van der Waals surface area contributed by atoms with Crippen LogP contribution in [0.2, 0.25) is 0 Å². The fraction of sp³-hybridized carbons (Fsp3) is 0.423. The molecule has 0 spiro atoms. The SMILES string of the molecule is COc1ccc(CCC2CCc3nc(C(=O)N4CCC(c5ccccc5)C4)cn3C2)cn1. The van der Waals surface area contributed by atoms with Gasteiger partial charge in [0, 0.05) is 50.4 Å². The molecule has 2 aliphatic rings. The molecule has 0 radical (unpaired) electrons. The molecule has 2 aromatic heterocycles. The third-order valence-corrected chi connectivity index (χ3v) is 6.90. The van der Waals surface area contributed by atoms with Gasteiger partial charge in [0.05, 0.1) is 7.11 Å². The van der Waals surface area contributed by atoms with Crippen LogP contribution in [0, 0.1) is 5.92 Å². The number of ether oxygens (including phenoxy) is 1. The number of aryl methyl sites for hydroxylation is 2. The highest BCUT2D eigenvalue weighted by Crippen LogP contribution is 2.29. The van der Waals surface area contributed by atoms with E-state index in [1.54, 1.807) is 7.11 Å². The predicted molar refractivity (Wildman–Crippen MR) is 123 cm³/mol. The Bertz CT molecular complexity index is 1060. The molecule has 166 valence electrons. The van der Waals surface area contributed by atoms with Crippen molar-refractivity contribution in [2.45, 2.75) is 44.6 Å². The van der Waals surface area contributed by atoms with Crippen molar-refractivity contribution in [3.63, 3.8) is 0 Å². The lowest BCUT2D eigenvalue weighted by Crippen LogP contribution is -2.28. The fourth-order valence-electron chi connectivity index (χ4n) is 5.01. The summed E-state index contributed by atoms with van der Waals surface area (Å²) in [7, 11) is 1.64. The smallest absolute Gasteiger partial charge is 0.274 e. The quantitative estimate of drug-likeness (QED) is 0.590. The third-order valence-electron chi connectivity index (χ3n) is 6.90. The fourth-order valence-corrected chi connectivity index (χ4v) is 5.01. The Morgan fingerprint density at radius 2 is 2.00 bits per heavy atom. The van der Waals surface area contributed by atoms with Crippen molar-refractivity contribution in [1.29, 1.82) is 0 Å². The Morgan fingerprint density at radius 1 is 1.12 bits per heavy atom. The average Bonchev–Trinajstić information content (AvgIpc) is 3.50. The molecule has 1 fully saturated rings. The molecule has 3 aromatic rings. The van der Waals surface area contributed by atoms with E-state index in [2.05, 4.69) is 39.9 Å². The lowest BCUT2D eigenvalue weighted by Gasteiger charge is -2.23. The van der Waals surface area contributed by atoms with E-state index in [0.717, 1.165) is 57.6 Å². The molecule has 1 amide bonds. The van der Waals surface area contributed by atoms with Gasteiger partial charge in [0.2, 0.25) is 5.88 Å². The molecule has 6 nitrogen and oxygen atoms in total. The normalized spacial score (nSPS) is 20.2. The van der Waals surface area contributed by atoms with Gasteiger partial charge in [0.25, 0.3) is 5.91 Å². The molecule has 6 heteroatoms. The Balaban J connectivity index is 1.18. The van der Waals surface area contributed by atoms with Crippen molar-refractivity contribution in [2.24, 2.45) is 5.92 Å². The van der Waals surface area contributed by atoms with E-state index < -0.39 is 0 Å². The number of hydrogen-bond donors (Lipinski definition) is 0. The Hall–Kier alpha value is -3.15. The minimum absolute atomic E-state index is 0.0752. The zero-order valence-corrected chi connectivity index (χ0v) is 18.6. The molecule has 0 aliphatic carbocycles. The second kappa shape index (κ2) is 9.15. The van der Waals surface area contributed by atoms with Crippen LogP contribution in [0.25, 0.3) is 0 Å². The molecular weight excluding hydrogens is 400 g/mol. The molecule has 2 aliphatic heterocycles. The lowest BCUT2D eigenvalue weighted by molar-refractivity contribution is 0.0785. The van der Waals surface area contributed by atoms with Gasteiger partial charge >= 0.3 is 0 Å². The van der Waals surface area contributed by atoms with Crippen LogP contribution in [-0.4, -0.2) is 45.5 Å². The van der Waals surface area contributed by atoms with E-state index >= 15 is 0 Å². The molecule has 2 atom stereocenters. The van der Waals surface area contributed by atoms with E-state index in [9.17, 15) is 4.79 Å². The van der Waals surface area contributed by atoms with Gasteiger partial charge in [-0.15, -0.1) is 0 Å². The first-order valence-corrected chi connectivity index (χ1v) is 11.6. The maximum absolute atomic E-state index is 13.1. The van der Waals surface area contributed by atoms with E-state index in [4.69, 9.17) is 9.72 Å². The van der Waals surface area contributed by atoms with Crippen LogP contribution in [0.5, 0.6) is 5.88 Å². The van der Waals surface area contributed by atoms with Crippen LogP contribution in [0.4, 0.5) is 0 Å². The number of benzene rings is 1. The van der Waals surface area contributed by atoms with Gasteiger partial charge in [-0.3, -0.25) is 4.79 Å². The maximum atomic E-state index is 13.1. The van der Waals surface area contributed by atoms with Gasteiger partial charge in [-0.05, 0) is 42.7 Å². The van der Waals surface area contributed by atoms with Crippen LogP contribution in [0.15, 0.2) is 54.9 Å². The van der Waals surface area contributed by atoms with Crippen molar-refractivity contribution in [3.8, 4) is 5.88 Å². The zero-order valence-electron chi connectivity index (χ0n) is 18.6. The first kappa shape index (κ1) is 20.7. The molecule has 0 bridgehead atoms. The number of amides is 1. The summed E-state index contributed by atoms with van der Waals surface area (Å²) >= 11 is 0. The highest BCUT2D eigenvalue weighted by atomic mass is 16.5. The summed E-state index contributed by atoms with van der Waals surface area (Å²) in [5, 5.41) is 0. The van der Waals surface area contributed by atoms with Gasteiger partial charge in [-0.25, -0.2) is 9.97 Å². The molecule has 32 heavy (non-hydrogen) atoms. The van der Waals surface area contributed by atoms with Crippen LogP contribution in [0.3, 0.4) is 0 Å². The average molecular weight is 431 g/mol. The first-order chi connectivity index (χ1) is 15.7. The summed E-state index contributed by atoms with van der Waals surface area (Å²) in [6.45, 7) is 2.52. The summed E-state index contributed by atoms with van der Waals surface area (Å²) in [5.74, 6) is 2.80. The molecule has 0 N–H and O–H groups in total. The number of aromatic nitrogens is 3. The molecule has 4 heterocycles. The summed E-state index contributed by atoms with van der Waals surface area (Å²) in [6.07, 6.45) is 9.07. The molecule has 2 unspecified atom stereocenters. The number of nitrogens with zero attached hydrogens (tertiary/aromatic N) is 4. The molecule has 1 aromatic carbocycles. The topological polar surface area (TPSA) is 60.2 Å². The summed E-state index contributed by atoms with van der Waals surface area (Å²) in [5.41, 5.74) is 3.16. The number of carbonyl (C=O) groups is 1. The maximum Gasteiger partial charge on any atom is 0.274 e. The lowest BCUT2D eigenvalue weighted by atomic mass is 9.93. The Kier molecular flexibility index (Phi) is 5.93. The van der Waals surface area contributed by atoms with Crippen molar-refractivity contribution >= 4 is 5.91 Å². The predicted octanol–water partition coefficient (Wildman–Crippen LogP) is 4.11. The number of hydrogen-bond acceptors (Lipinski definition) is 4. The zero-order chi connectivity index (χ0) is 21.9. The largest absolute Gasteiger partial charge is 0.481 e. The third kappa shape index (κ3) is 4.40. The van der Waals surface area contributed by atoms with Gasteiger partial charge in [-0.1, -0.05) is 36.4 Å². The van der Waals surface area contributed by atoms with E-state index in [0.29, 0.717) is 23.4 Å². The Labute approximate surface area is 189 Å². The van der Waals surface area contributed by atoms with E-state index in [1.165, 1.54) is 11.1 Å². The monoisotopic (exact) mass is 430 g/mol. The molecule has 1 saturated heterocycles. The highest BCUT2D eigenvalue weighted by molar-refractivity contribution is 5.92. The van der Waals surface area contributed by atoms with Crippen molar-refractivity contribution in [2.75, 3.05) is 20.2 Å². The second-order valence-electron chi connectivity index (χ2n) is 8.99. The van der Waals surface area contributed by atoms with Gasteiger partial charge in [-0.2, -0.15) is 0 Å². The van der Waals surface area contributed by atoms with Gasteiger partial charge in [0.1, 0.15) is 11.5 Å². The Morgan fingerprint density at radius 3 is 2.78 bits per heavy atom. The highest BCUT2D eigenvalue weighted by Gasteiger charge is 2.30. The summed E-state index contributed by atoms with van der Waals surface area (Å²) in [6, 6.07) is 14.5. The van der Waals surface area contributed by atoms with Gasteiger partial charge < -0.3 is 14.2 Å². The molecule has 5 rings (SSSR count). The second-order valence-corrected chi connectivity index (χ2v) is 8.99. The number of carbonyl (C=O) groups excluding carboxylic acids is 1. The van der Waals surface area contributed by atoms with Crippen LogP contribution in [0.1, 0.15) is 52.6 Å². The van der Waals surface area contributed by atoms with Crippen LogP contribution in [-0.2, 0) is 19.4 Å². The minimum Gasteiger partial charge on any atom is -0.481 e. The van der Waals surface area contributed by atoms with Crippen molar-refractivity contribution < 1.29 is 9.53 Å². The number of fused-ring (bicyclic) bond motifs is 1. The number of pyridine rings is 1. The summed E-state index contributed by atoms with van der Waals surface area (Å²) < 4.78 is 7.34. The minimum atomic E-state index is 0.0752. The van der Waals surface area contributed by atoms with Crippen LogP contribution >= 0.6 is 0 Å². The van der Waals surface area contributed by atoms with E-state index in [-0.39, 0.29) is 5.91 Å². The van der Waals surface area contributed by atoms with Crippen molar-refractivity contribution in [3.05, 3.63) is 77.5 Å². The first-order valence-electron chi connectivity index (χ1n) is 11.6. The van der Waals surface area contributed by atoms with Crippen molar-refractivity contribution in [1.82, 2.24) is 19.4 Å². The number of methoxy groups -OCH3 is 1. The molecular formula is C26H30N4O2. The molecule has 0 saturated carbocycles. The summed E-state index contributed by atoms with van der Waals surface area (Å²) in [4.78, 5) is 24.1. The number of likely N-dealkylation sites (tertiary alicyclic amines) is 1. The standard InChI is InChI=1S/C26H30N4O2/c1-32-25-12-10-19(15-27-25)7-8-20-9-11-24-28-23(18-30(24)16-20)26(31)29-14-13-22(17-29)21-5-3-2-4-6-21/h2-6,10,12,15,18,20,22H,7-9,11,13-14,16-17H2,1H3. The van der Waals surface area contributed by atoms with E-state index in [1.807, 2.05) is 29.4 Å². The van der Waals surface area contributed by atoms with Crippen LogP contribution < -0.4 is 4.74 Å². The number of rotatable bonds is 6.